The van der Waals surface area contributed by atoms with Crippen LogP contribution in [0.15, 0.2) is 16.3 Å². The molecule has 1 aliphatic heterocycles. The Balaban J connectivity index is 2.83. The number of hydrogen-bond donors (Lipinski definition) is 1. The molecule has 1 N–H and O–H groups in total. The maximum Gasteiger partial charge on any atom is 0.264 e. The molecule has 58 valence electrons. The van der Waals surface area contributed by atoms with Gasteiger partial charge in [-0.15, -0.1) is 11.3 Å². The summed E-state index contributed by atoms with van der Waals surface area (Å²) in [6.45, 7) is 0. The first-order valence-electron chi connectivity index (χ1n) is 2.76. The van der Waals surface area contributed by atoms with Gasteiger partial charge in [0.2, 0.25) is 0 Å². The summed E-state index contributed by atoms with van der Waals surface area (Å²) in [6, 6.07) is 1.56. The lowest BCUT2D eigenvalue weighted by molar-refractivity contribution is 0.595. The fourth-order valence-corrected chi connectivity index (χ4v) is 3.90. The maximum atomic E-state index is 11.1. The highest BCUT2D eigenvalue weighted by Crippen LogP contribution is 2.27. The fourth-order valence-electron chi connectivity index (χ4n) is 0.898. The third-order valence-electron chi connectivity index (χ3n) is 1.35. The molecule has 1 aromatic rings. The van der Waals surface area contributed by atoms with Crippen LogP contribution in [0.5, 0.6) is 0 Å². The van der Waals surface area contributed by atoms with Crippen molar-refractivity contribution in [3.63, 3.8) is 0 Å². The Kier molecular flexibility index (Phi) is 1.33. The second kappa shape index (κ2) is 2.02. The topological polar surface area (TPSA) is 46.2 Å². The van der Waals surface area contributed by atoms with Crippen LogP contribution in [0.2, 0.25) is 0 Å². The molecule has 0 atom stereocenters. The van der Waals surface area contributed by atoms with E-state index in [1.54, 1.807) is 11.4 Å². The van der Waals surface area contributed by atoms with Gasteiger partial charge in [-0.05, 0) is 11.4 Å². The van der Waals surface area contributed by atoms with Gasteiger partial charge in [0.15, 0.2) is 0 Å². The Labute approximate surface area is 73.1 Å². The van der Waals surface area contributed by atoms with Gasteiger partial charge in [0.25, 0.3) is 10.0 Å². The first-order valence-corrected chi connectivity index (χ1v) is 5.53. The molecule has 0 bridgehead atoms. The molecule has 0 saturated heterocycles. The minimum Gasteiger partial charge on any atom is -0.268 e. The molecule has 2 rings (SSSR count). The molecule has 0 radical (unpaired) electrons. The minimum absolute atomic E-state index is 0.313. The third kappa shape index (κ3) is 0.901. The van der Waals surface area contributed by atoms with Crippen molar-refractivity contribution in [1.82, 2.24) is 4.72 Å². The number of thiocarbonyl (C=S) groups is 1. The molecular weight excluding hydrogens is 202 g/mol. The fraction of sp³-hybridized carbons (Fsp3) is 0. The van der Waals surface area contributed by atoms with Crippen molar-refractivity contribution >= 4 is 38.6 Å². The standard InChI is InChI=1S/C5H3NO2S3/c7-11(8)3-1-2-10-4(3)5(9)6-11/h1-2H,(H,6,9). The first kappa shape index (κ1) is 7.20. The highest BCUT2D eigenvalue weighted by atomic mass is 32.2. The second-order valence-electron chi connectivity index (χ2n) is 2.05. The normalized spacial score (nSPS) is 19.5. The summed E-state index contributed by atoms with van der Waals surface area (Å²) in [5.74, 6) is 0. The number of fused-ring (bicyclic) bond motifs is 1. The third-order valence-corrected chi connectivity index (χ3v) is 4.37. The Morgan fingerprint density at radius 1 is 1.55 bits per heavy atom. The molecule has 1 aliphatic rings. The van der Waals surface area contributed by atoms with Crippen LogP contribution in [0, 0.1) is 0 Å². The summed E-state index contributed by atoms with van der Waals surface area (Å²) < 4.78 is 24.5. The minimum atomic E-state index is -3.29. The van der Waals surface area contributed by atoms with Crippen LogP contribution in [0.3, 0.4) is 0 Å². The van der Waals surface area contributed by atoms with E-state index in [0.29, 0.717) is 14.8 Å². The number of rotatable bonds is 0. The molecule has 1 aromatic heterocycles. The summed E-state index contributed by atoms with van der Waals surface area (Å²) in [5, 5.41) is 1.72. The van der Waals surface area contributed by atoms with Gasteiger partial charge in [-0.2, -0.15) is 0 Å². The molecule has 0 unspecified atom stereocenters. The van der Waals surface area contributed by atoms with Crippen LogP contribution in [0.25, 0.3) is 0 Å². The van der Waals surface area contributed by atoms with E-state index in [1.165, 1.54) is 11.3 Å². The van der Waals surface area contributed by atoms with Crippen LogP contribution >= 0.6 is 23.6 Å². The van der Waals surface area contributed by atoms with Crippen LogP contribution in [0.4, 0.5) is 0 Å². The van der Waals surface area contributed by atoms with Gasteiger partial charge >= 0.3 is 0 Å². The van der Waals surface area contributed by atoms with Gasteiger partial charge in [0, 0.05) is 0 Å². The van der Waals surface area contributed by atoms with Crippen molar-refractivity contribution in [3.05, 3.63) is 16.3 Å². The average Bonchev–Trinajstić information content (AvgIpc) is 2.37. The molecule has 3 nitrogen and oxygen atoms in total. The van der Waals surface area contributed by atoms with E-state index in [2.05, 4.69) is 4.72 Å². The number of nitrogens with one attached hydrogen (secondary N) is 1. The summed E-state index contributed by atoms with van der Waals surface area (Å²) >= 11 is 6.14. The molecule has 0 amide bonds. The summed E-state index contributed by atoms with van der Waals surface area (Å²) in [4.78, 5) is 1.28. The van der Waals surface area contributed by atoms with Crippen molar-refractivity contribution < 1.29 is 8.42 Å². The van der Waals surface area contributed by atoms with E-state index >= 15 is 0 Å². The first-order chi connectivity index (χ1) is 5.11. The quantitative estimate of drug-likeness (QED) is 0.635. The molecule has 0 fully saturated rings. The van der Waals surface area contributed by atoms with E-state index in [9.17, 15) is 8.42 Å². The smallest absolute Gasteiger partial charge is 0.264 e. The number of thiophene rings is 1. The van der Waals surface area contributed by atoms with Crippen LogP contribution in [-0.2, 0) is 10.0 Å². The lowest BCUT2D eigenvalue weighted by atomic mass is 10.5. The van der Waals surface area contributed by atoms with Gasteiger partial charge < -0.3 is 0 Å². The lowest BCUT2D eigenvalue weighted by Crippen LogP contribution is -2.19. The van der Waals surface area contributed by atoms with E-state index in [1.807, 2.05) is 0 Å². The van der Waals surface area contributed by atoms with Crippen molar-refractivity contribution in [3.8, 4) is 0 Å². The van der Waals surface area contributed by atoms with Crippen LogP contribution < -0.4 is 4.72 Å². The molecule has 0 aromatic carbocycles. The van der Waals surface area contributed by atoms with Crippen molar-refractivity contribution in [2.75, 3.05) is 0 Å². The SMILES string of the molecule is O=S1(=O)NC(=S)c2sccc21. The number of sulfonamides is 1. The molecule has 0 aliphatic carbocycles. The molecule has 0 saturated carbocycles. The highest BCUT2D eigenvalue weighted by molar-refractivity contribution is 7.93. The number of hydrogen-bond acceptors (Lipinski definition) is 4. The predicted octanol–water partition coefficient (Wildman–Crippen LogP) is 0.716. The Morgan fingerprint density at radius 3 is 2.91 bits per heavy atom. The van der Waals surface area contributed by atoms with E-state index < -0.39 is 10.0 Å². The van der Waals surface area contributed by atoms with E-state index in [4.69, 9.17) is 12.2 Å². The maximum absolute atomic E-state index is 11.1. The lowest BCUT2D eigenvalue weighted by Gasteiger charge is -1.91. The highest BCUT2D eigenvalue weighted by Gasteiger charge is 2.30. The summed E-state index contributed by atoms with van der Waals surface area (Å²) in [6.07, 6.45) is 0. The average molecular weight is 205 g/mol. The monoisotopic (exact) mass is 205 g/mol. The van der Waals surface area contributed by atoms with Crippen molar-refractivity contribution in [2.24, 2.45) is 0 Å². The molecular formula is C5H3NO2S3. The van der Waals surface area contributed by atoms with Crippen LogP contribution in [0.1, 0.15) is 4.88 Å². The zero-order valence-electron chi connectivity index (χ0n) is 5.20. The van der Waals surface area contributed by atoms with Crippen molar-refractivity contribution in [1.29, 1.82) is 0 Å². The van der Waals surface area contributed by atoms with Gasteiger partial charge in [-0.3, -0.25) is 4.72 Å². The molecule has 6 heteroatoms. The summed E-state index contributed by atoms with van der Waals surface area (Å²) in [7, 11) is -3.29. The van der Waals surface area contributed by atoms with Gasteiger partial charge in [-0.1, -0.05) is 12.2 Å². The van der Waals surface area contributed by atoms with Gasteiger partial charge in [0.1, 0.15) is 9.88 Å². The molecule has 2 heterocycles. The zero-order chi connectivity index (χ0) is 8.06. The Morgan fingerprint density at radius 2 is 2.27 bits per heavy atom. The van der Waals surface area contributed by atoms with E-state index in [-0.39, 0.29) is 0 Å². The Hall–Kier alpha value is -0.460. The van der Waals surface area contributed by atoms with Gasteiger partial charge in [-0.25, -0.2) is 8.42 Å². The van der Waals surface area contributed by atoms with E-state index in [0.717, 1.165) is 0 Å². The zero-order valence-corrected chi connectivity index (χ0v) is 7.65. The van der Waals surface area contributed by atoms with Crippen LogP contribution in [-0.4, -0.2) is 13.4 Å². The molecule has 11 heavy (non-hydrogen) atoms. The molecule has 0 spiro atoms. The second-order valence-corrected chi connectivity index (χ2v) is 5.02. The predicted molar refractivity (Wildman–Crippen MR) is 46.3 cm³/mol. The summed E-state index contributed by atoms with van der Waals surface area (Å²) in [5.41, 5.74) is 0. The van der Waals surface area contributed by atoms with Gasteiger partial charge in [0.05, 0.1) is 4.88 Å². The Bertz CT molecular complexity index is 417. The largest absolute Gasteiger partial charge is 0.268 e. The van der Waals surface area contributed by atoms with Crippen molar-refractivity contribution in [2.45, 2.75) is 4.90 Å².